The van der Waals surface area contributed by atoms with Gasteiger partial charge in [-0.05, 0) is 32.0 Å². The molecule has 7 heteroatoms. The maximum Gasteiger partial charge on any atom is 0.449 e. The standard InChI is InChI=1S/C12H12F3N3O/c1-6(2)18-10(19)8-5-7(16)3-4-9(8)17-11(18)12(13,14)15/h3-6H,16H2,1-2H3. The summed E-state index contributed by atoms with van der Waals surface area (Å²) in [7, 11) is 0. The number of nitrogen functional groups attached to an aromatic ring is 1. The zero-order valence-corrected chi connectivity index (χ0v) is 10.3. The Bertz CT molecular complexity index is 689. The van der Waals surface area contributed by atoms with Crippen molar-refractivity contribution in [3.63, 3.8) is 0 Å². The fourth-order valence-corrected chi connectivity index (χ4v) is 1.90. The molecule has 0 aliphatic rings. The predicted molar refractivity (Wildman–Crippen MR) is 65.8 cm³/mol. The minimum atomic E-state index is -4.68. The number of alkyl halides is 3. The maximum absolute atomic E-state index is 12.9. The monoisotopic (exact) mass is 271 g/mol. The summed E-state index contributed by atoms with van der Waals surface area (Å²) in [6, 6.07) is 3.41. The zero-order chi connectivity index (χ0) is 14.4. The summed E-state index contributed by atoms with van der Waals surface area (Å²) in [6.07, 6.45) is -4.68. The molecule has 0 unspecified atom stereocenters. The van der Waals surface area contributed by atoms with E-state index in [-0.39, 0.29) is 10.9 Å². The van der Waals surface area contributed by atoms with Crippen LogP contribution in [0.3, 0.4) is 0 Å². The Morgan fingerprint density at radius 1 is 1.32 bits per heavy atom. The molecule has 0 saturated carbocycles. The van der Waals surface area contributed by atoms with Crippen LogP contribution in [-0.4, -0.2) is 9.55 Å². The second kappa shape index (κ2) is 4.25. The van der Waals surface area contributed by atoms with Gasteiger partial charge in [0.15, 0.2) is 0 Å². The maximum atomic E-state index is 12.9. The summed E-state index contributed by atoms with van der Waals surface area (Å²) in [6.45, 7) is 2.99. The molecule has 2 rings (SSSR count). The van der Waals surface area contributed by atoms with Gasteiger partial charge in [-0.3, -0.25) is 9.36 Å². The van der Waals surface area contributed by atoms with Gasteiger partial charge in [-0.15, -0.1) is 0 Å². The molecule has 0 aliphatic carbocycles. The first-order chi connectivity index (χ1) is 8.71. The fourth-order valence-electron chi connectivity index (χ4n) is 1.90. The second-order valence-electron chi connectivity index (χ2n) is 4.48. The van der Waals surface area contributed by atoms with E-state index in [1.165, 1.54) is 32.0 Å². The molecule has 0 atom stereocenters. The number of fused-ring (bicyclic) bond motifs is 1. The number of hydrogen-bond donors (Lipinski definition) is 1. The lowest BCUT2D eigenvalue weighted by molar-refractivity contribution is -0.148. The van der Waals surface area contributed by atoms with Crippen LogP contribution in [0.4, 0.5) is 18.9 Å². The highest BCUT2D eigenvalue weighted by atomic mass is 19.4. The van der Waals surface area contributed by atoms with Crippen molar-refractivity contribution in [2.24, 2.45) is 0 Å². The fraction of sp³-hybridized carbons (Fsp3) is 0.333. The highest BCUT2D eigenvalue weighted by molar-refractivity contribution is 5.81. The Labute approximate surface area is 106 Å². The van der Waals surface area contributed by atoms with Crippen LogP contribution >= 0.6 is 0 Å². The van der Waals surface area contributed by atoms with Crippen LogP contribution in [0.5, 0.6) is 0 Å². The molecule has 0 aliphatic heterocycles. The van der Waals surface area contributed by atoms with Gasteiger partial charge in [0.2, 0.25) is 5.82 Å². The third kappa shape index (κ3) is 2.27. The lowest BCUT2D eigenvalue weighted by Gasteiger charge is -2.18. The van der Waals surface area contributed by atoms with Crippen molar-refractivity contribution >= 4 is 16.6 Å². The lowest BCUT2D eigenvalue weighted by Crippen LogP contribution is -2.31. The number of rotatable bonds is 1. The summed E-state index contributed by atoms with van der Waals surface area (Å²) in [5, 5.41) is 0.0849. The average Bonchev–Trinajstić information content (AvgIpc) is 2.27. The largest absolute Gasteiger partial charge is 0.449 e. The molecule has 1 aromatic heterocycles. The molecule has 2 aromatic rings. The first kappa shape index (κ1) is 13.4. The van der Waals surface area contributed by atoms with Crippen LogP contribution in [-0.2, 0) is 6.18 Å². The first-order valence-electron chi connectivity index (χ1n) is 5.61. The van der Waals surface area contributed by atoms with E-state index < -0.39 is 23.6 Å². The molecule has 102 valence electrons. The highest BCUT2D eigenvalue weighted by Gasteiger charge is 2.37. The van der Waals surface area contributed by atoms with E-state index in [0.29, 0.717) is 10.3 Å². The van der Waals surface area contributed by atoms with E-state index in [1.807, 2.05) is 0 Å². The summed E-state index contributed by atoms with van der Waals surface area (Å²) < 4.78 is 39.5. The topological polar surface area (TPSA) is 60.9 Å². The molecule has 0 radical (unpaired) electrons. The van der Waals surface area contributed by atoms with Gasteiger partial charge >= 0.3 is 6.18 Å². The van der Waals surface area contributed by atoms with Crippen molar-refractivity contribution in [2.45, 2.75) is 26.1 Å². The lowest BCUT2D eigenvalue weighted by atomic mass is 10.2. The van der Waals surface area contributed by atoms with Crippen LogP contribution in [0.2, 0.25) is 0 Å². The first-order valence-corrected chi connectivity index (χ1v) is 5.61. The van der Waals surface area contributed by atoms with Crippen molar-refractivity contribution in [3.8, 4) is 0 Å². The van der Waals surface area contributed by atoms with Gasteiger partial charge in [-0.1, -0.05) is 0 Å². The Kier molecular flexibility index (Phi) is 3.00. The minimum absolute atomic E-state index is 0.0107. The predicted octanol–water partition coefficient (Wildman–Crippen LogP) is 2.58. The highest BCUT2D eigenvalue weighted by Crippen LogP contribution is 2.29. The smallest absolute Gasteiger partial charge is 0.399 e. The van der Waals surface area contributed by atoms with Gasteiger partial charge in [0, 0.05) is 11.7 Å². The van der Waals surface area contributed by atoms with E-state index in [4.69, 9.17) is 5.73 Å². The van der Waals surface area contributed by atoms with Crippen molar-refractivity contribution in [1.29, 1.82) is 0 Å². The minimum Gasteiger partial charge on any atom is -0.399 e. The molecule has 1 aromatic carbocycles. The number of halogens is 3. The number of nitrogens with zero attached hydrogens (tertiary/aromatic N) is 2. The van der Waals surface area contributed by atoms with Crippen LogP contribution in [0.15, 0.2) is 23.0 Å². The summed E-state index contributed by atoms with van der Waals surface area (Å²) in [5.74, 6) is -1.19. The number of aromatic nitrogens is 2. The molecule has 0 spiro atoms. The van der Waals surface area contributed by atoms with Crippen molar-refractivity contribution < 1.29 is 13.2 Å². The van der Waals surface area contributed by atoms with E-state index in [1.54, 1.807) is 0 Å². The SMILES string of the molecule is CC(C)n1c(C(F)(F)F)nc2ccc(N)cc2c1=O. The van der Waals surface area contributed by atoms with Gasteiger partial charge < -0.3 is 5.73 Å². The van der Waals surface area contributed by atoms with Gasteiger partial charge in [-0.25, -0.2) is 4.98 Å². The van der Waals surface area contributed by atoms with Crippen LogP contribution in [0.1, 0.15) is 25.7 Å². The molecule has 0 amide bonds. The molecule has 0 fully saturated rings. The average molecular weight is 271 g/mol. The Morgan fingerprint density at radius 3 is 2.47 bits per heavy atom. The Morgan fingerprint density at radius 2 is 1.95 bits per heavy atom. The van der Waals surface area contributed by atoms with E-state index in [0.717, 1.165) is 0 Å². The van der Waals surface area contributed by atoms with E-state index in [9.17, 15) is 18.0 Å². The molecular weight excluding hydrogens is 259 g/mol. The molecule has 19 heavy (non-hydrogen) atoms. The van der Waals surface area contributed by atoms with Crippen LogP contribution < -0.4 is 11.3 Å². The summed E-state index contributed by atoms with van der Waals surface area (Å²) >= 11 is 0. The molecule has 0 bridgehead atoms. The third-order valence-corrected chi connectivity index (χ3v) is 2.69. The van der Waals surface area contributed by atoms with Crippen LogP contribution in [0.25, 0.3) is 10.9 Å². The van der Waals surface area contributed by atoms with Crippen molar-refractivity contribution in [1.82, 2.24) is 9.55 Å². The molecule has 1 heterocycles. The Balaban J connectivity index is 2.94. The number of anilines is 1. The number of benzene rings is 1. The quantitative estimate of drug-likeness (QED) is 0.811. The molecule has 2 N–H and O–H groups in total. The number of hydrogen-bond acceptors (Lipinski definition) is 3. The van der Waals surface area contributed by atoms with Gasteiger partial charge in [-0.2, -0.15) is 13.2 Å². The molecule has 0 saturated heterocycles. The van der Waals surface area contributed by atoms with Crippen molar-refractivity contribution in [2.75, 3.05) is 5.73 Å². The normalized spacial score (nSPS) is 12.3. The van der Waals surface area contributed by atoms with Crippen molar-refractivity contribution in [3.05, 3.63) is 34.4 Å². The van der Waals surface area contributed by atoms with Crippen LogP contribution in [0, 0.1) is 0 Å². The van der Waals surface area contributed by atoms with Gasteiger partial charge in [0.1, 0.15) is 0 Å². The van der Waals surface area contributed by atoms with E-state index >= 15 is 0 Å². The number of nitrogens with two attached hydrogens (primary N) is 1. The molecular formula is C12H12F3N3O. The second-order valence-corrected chi connectivity index (χ2v) is 4.48. The Hall–Kier alpha value is -2.05. The van der Waals surface area contributed by atoms with E-state index in [2.05, 4.69) is 4.98 Å². The van der Waals surface area contributed by atoms with Gasteiger partial charge in [0.05, 0.1) is 10.9 Å². The third-order valence-electron chi connectivity index (χ3n) is 2.69. The zero-order valence-electron chi connectivity index (χ0n) is 10.3. The molecule has 4 nitrogen and oxygen atoms in total. The summed E-state index contributed by atoms with van der Waals surface area (Å²) in [5.41, 5.74) is 5.10. The van der Waals surface area contributed by atoms with Gasteiger partial charge in [0.25, 0.3) is 5.56 Å². The summed E-state index contributed by atoms with van der Waals surface area (Å²) in [4.78, 5) is 15.7.